The predicted octanol–water partition coefficient (Wildman–Crippen LogP) is 1.99. The summed E-state index contributed by atoms with van der Waals surface area (Å²) < 4.78 is 7.13. The van der Waals surface area contributed by atoms with Gasteiger partial charge in [-0.25, -0.2) is 4.98 Å². The van der Waals surface area contributed by atoms with Crippen molar-refractivity contribution >= 4 is 0 Å². The molecule has 0 spiro atoms. The van der Waals surface area contributed by atoms with Crippen molar-refractivity contribution < 1.29 is 9.52 Å². The molecule has 2 rings (SSSR count). The van der Waals surface area contributed by atoms with Crippen molar-refractivity contribution in [2.45, 2.75) is 25.9 Å². The number of aryl methyl sites for hydroxylation is 3. The number of hydrogen-bond acceptors (Lipinski definition) is 3. The average molecular weight is 220 g/mol. The van der Waals surface area contributed by atoms with E-state index in [0.717, 1.165) is 23.6 Å². The first-order valence-corrected chi connectivity index (χ1v) is 5.36. The van der Waals surface area contributed by atoms with E-state index in [0.29, 0.717) is 6.42 Å². The van der Waals surface area contributed by atoms with Crippen LogP contribution in [0.3, 0.4) is 0 Å². The van der Waals surface area contributed by atoms with Gasteiger partial charge in [-0.1, -0.05) is 0 Å². The van der Waals surface area contributed by atoms with Crippen LogP contribution >= 0.6 is 0 Å². The van der Waals surface area contributed by atoms with Crippen molar-refractivity contribution in [3.8, 4) is 0 Å². The highest BCUT2D eigenvalue weighted by atomic mass is 16.3. The van der Waals surface area contributed by atoms with E-state index < -0.39 is 6.10 Å². The van der Waals surface area contributed by atoms with E-state index in [4.69, 9.17) is 4.42 Å². The second-order valence-electron chi connectivity index (χ2n) is 3.94. The molecule has 0 aliphatic rings. The Balaban J connectivity index is 1.97. The Morgan fingerprint density at radius 3 is 2.94 bits per heavy atom. The van der Waals surface area contributed by atoms with Gasteiger partial charge in [0.15, 0.2) is 0 Å². The largest absolute Gasteiger partial charge is 0.469 e. The molecule has 2 heterocycles. The molecule has 0 saturated carbocycles. The lowest BCUT2D eigenvalue weighted by Crippen LogP contribution is -2.03. The molecule has 2 aromatic rings. The monoisotopic (exact) mass is 220 g/mol. The fraction of sp³-hybridized carbons (Fsp3) is 0.417. The number of furan rings is 1. The maximum atomic E-state index is 9.98. The zero-order chi connectivity index (χ0) is 11.5. The first-order chi connectivity index (χ1) is 7.68. The van der Waals surface area contributed by atoms with Gasteiger partial charge in [-0.15, -0.1) is 0 Å². The number of imidazole rings is 1. The van der Waals surface area contributed by atoms with E-state index in [9.17, 15) is 5.11 Å². The number of aromatic nitrogens is 2. The van der Waals surface area contributed by atoms with Crippen LogP contribution in [-0.2, 0) is 13.5 Å². The number of rotatable bonds is 4. The van der Waals surface area contributed by atoms with Crippen LogP contribution in [0.5, 0.6) is 0 Å². The van der Waals surface area contributed by atoms with Crippen LogP contribution in [0.4, 0.5) is 0 Å². The molecule has 2 aromatic heterocycles. The highest BCUT2D eigenvalue weighted by Gasteiger charge is 2.13. The highest BCUT2D eigenvalue weighted by Crippen LogP contribution is 2.22. The molecular weight excluding hydrogens is 204 g/mol. The molecular formula is C12H16N2O2. The summed E-state index contributed by atoms with van der Waals surface area (Å²) in [7, 11) is 1.96. The number of aliphatic hydroxyl groups is 1. The van der Waals surface area contributed by atoms with Crippen molar-refractivity contribution in [3.63, 3.8) is 0 Å². The van der Waals surface area contributed by atoms with Crippen LogP contribution in [0.25, 0.3) is 0 Å². The van der Waals surface area contributed by atoms with Gasteiger partial charge in [0.05, 0.1) is 12.4 Å². The summed E-state index contributed by atoms with van der Waals surface area (Å²) in [5.41, 5.74) is 0.870. The summed E-state index contributed by atoms with van der Waals surface area (Å²) in [6, 6.07) is 1.82. The Bertz CT molecular complexity index is 459. The molecule has 1 unspecified atom stereocenters. The summed E-state index contributed by atoms with van der Waals surface area (Å²) in [5, 5.41) is 9.98. The zero-order valence-corrected chi connectivity index (χ0v) is 9.55. The lowest BCUT2D eigenvalue weighted by atomic mass is 10.1. The number of aliphatic hydroxyl groups excluding tert-OH is 1. The Morgan fingerprint density at radius 2 is 2.38 bits per heavy atom. The minimum absolute atomic E-state index is 0.476. The van der Waals surface area contributed by atoms with Gasteiger partial charge < -0.3 is 14.1 Å². The smallest absolute Gasteiger partial charge is 0.108 e. The molecule has 0 saturated heterocycles. The maximum Gasteiger partial charge on any atom is 0.108 e. The van der Waals surface area contributed by atoms with E-state index >= 15 is 0 Å². The van der Waals surface area contributed by atoms with Crippen LogP contribution in [-0.4, -0.2) is 14.7 Å². The molecule has 4 heteroatoms. The average Bonchev–Trinajstić information content (AvgIpc) is 2.84. The first kappa shape index (κ1) is 11.0. The van der Waals surface area contributed by atoms with Crippen molar-refractivity contribution in [3.05, 3.63) is 41.9 Å². The van der Waals surface area contributed by atoms with Crippen molar-refractivity contribution in [1.82, 2.24) is 9.55 Å². The third kappa shape index (κ3) is 2.17. The van der Waals surface area contributed by atoms with Crippen LogP contribution < -0.4 is 0 Å². The second kappa shape index (κ2) is 4.53. The minimum atomic E-state index is -0.476. The summed E-state index contributed by atoms with van der Waals surface area (Å²) >= 11 is 0. The molecule has 4 nitrogen and oxygen atoms in total. The predicted molar refractivity (Wildman–Crippen MR) is 59.9 cm³/mol. The van der Waals surface area contributed by atoms with E-state index in [1.54, 1.807) is 12.5 Å². The van der Waals surface area contributed by atoms with E-state index in [1.807, 2.05) is 30.8 Å². The fourth-order valence-corrected chi connectivity index (χ4v) is 1.80. The minimum Gasteiger partial charge on any atom is -0.469 e. The fourth-order valence-electron chi connectivity index (χ4n) is 1.80. The van der Waals surface area contributed by atoms with Gasteiger partial charge in [-0.2, -0.15) is 0 Å². The van der Waals surface area contributed by atoms with E-state index in [-0.39, 0.29) is 0 Å². The second-order valence-corrected chi connectivity index (χ2v) is 3.94. The molecule has 0 bridgehead atoms. The molecule has 1 N–H and O–H groups in total. The standard InChI is InChI=1S/C12H16N2O2/c1-9-10(5-8-16-9)11(15)3-4-12-13-6-7-14(12)2/h5-8,11,15H,3-4H2,1-2H3. The van der Waals surface area contributed by atoms with Gasteiger partial charge in [-0.3, -0.25) is 0 Å². The van der Waals surface area contributed by atoms with Crippen LogP contribution in [0.1, 0.15) is 29.7 Å². The topological polar surface area (TPSA) is 51.2 Å². The number of hydrogen-bond donors (Lipinski definition) is 1. The Morgan fingerprint density at radius 1 is 1.56 bits per heavy atom. The highest BCUT2D eigenvalue weighted by molar-refractivity contribution is 5.18. The summed E-state index contributed by atoms with van der Waals surface area (Å²) in [4.78, 5) is 4.22. The van der Waals surface area contributed by atoms with Gasteiger partial charge in [0.2, 0.25) is 0 Å². The molecule has 0 fully saturated rings. The molecule has 16 heavy (non-hydrogen) atoms. The van der Waals surface area contributed by atoms with E-state index in [2.05, 4.69) is 4.98 Å². The van der Waals surface area contributed by atoms with Crippen LogP contribution in [0.15, 0.2) is 29.1 Å². The normalized spacial score (nSPS) is 12.9. The van der Waals surface area contributed by atoms with Gasteiger partial charge in [0.1, 0.15) is 11.6 Å². The lowest BCUT2D eigenvalue weighted by Gasteiger charge is -2.09. The maximum absolute atomic E-state index is 9.98. The van der Waals surface area contributed by atoms with Crippen molar-refractivity contribution in [2.24, 2.45) is 7.05 Å². The third-order valence-corrected chi connectivity index (χ3v) is 2.82. The quantitative estimate of drug-likeness (QED) is 0.857. The van der Waals surface area contributed by atoms with Crippen LogP contribution in [0.2, 0.25) is 0 Å². The van der Waals surface area contributed by atoms with Crippen molar-refractivity contribution in [2.75, 3.05) is 0 Å². The van der Waals surface area contributed by atoms with Gasteiger partial charge in [0.25, 0.3) is 0 Å². The molecule has 0 aromatic carbocycles. The third-order valence-electron chi connectivity index (χ3n) is 2.82. The molecule has 1 atom stereocenters. The molecule has 0 aliphatic heterocycles. The molecule has 86 valence electrons. The SMILES string of the molecule is Cc1occc1C(O)CCc1nccn1C. The van der Waals surface area contributed by atoms with Gasteiger partial charge in [-0.05, 0) is 19.4 Å². The lowest BCUT2D eigenvalue weighted by molar-refractivity contribution is 0.165. The zero-order valence-electron chi connectivity index (χ0n) is 9.55. The Hall–Kier alpha value is -1.55. The number of nitrogens with zero attached hydrogens (tertiary/aromatic N) is 2. The molecule has 0 amide bonds. The van der Waals surface area contributed by atoms with Gasteiger partial charge in [0, 0.05) is 31.4 Å². The Kier molecular flexibility index (Phi) is 3.10. The van der Waals surface area contributed by atoms with Crippen LogP contribution in [0, 0.1) is 6.92 Å². The summed E-state index contributed by atoms with van der Waals surface area (Å²) in [6.45, 7) is 1.86. The summed E-state index contributed by atoms with van der Waals surface area (Å²) in [5.74, 6) is 1.77. The molecule has 0 radical (unpaired) electrons. The van der Waals surface area contributed by atoms with E-state index in [1.165, 1.54) is 0 Å². The Labute approximate surface area is 94.5 Å². The van der Waals surface area contributed by atoms with Crippen molar-refractivity contribution in [1.29, 1.82) is 0 Å². The first-order valence-electron chi connectivity index (χ1n) is 5.36. The molecule has 0 aliphatic carbocycles. The van der Waals surface area contributed by atoms with Gasteiger partial charge >= 0.3 is 0 Å². The summed E-state index contributed by atoms with van der Waals surface area (Å²) in [6.07, 6.45) is 6.22.